The molecule has 3 aliphatic heterocycles. The number of nitrogens with zero attached hydrogens (tertiary/aromatic N) is 9. The van der Waals surface area contributed by atoms with Crippen molar-refractivity contribution in [3.8, 4) is 6.07 Å². The standard InChI is InChI=1S/C43H49F2N11O6S/c1-26(24-54-13-8-27(9-14-54)28-5-7-35-36(21-28)53(3)51-39(35)56-17-12-37(57)49-43(56)59)18-30-20-34(6-4-29(30)22-46)63(60,61)55-15-10-33(11-16-55)48-42-47-23-31-19-32(25-62-41(44)45)40(58)52(2)38(31)50-42/h4-7,19-21,23,26-27,33,41H,8-18,24-25H2,1-3H3,(H,47,48,50)(H,49,57,59). The van der Waals surface area contributed by atoms with Gasteiger partial charge in [0.1, 0.15) is 5.65 Å². The number of halogens is 2. The molecular formula is C43H49F2N11O6S. The van der Waals surface area contributed by atoms with Crippen LogP contribution in [0.2, 0.25) is 0 Å². The van der Waals surface area contributed by atoms with Crippen LogP contribution in [0.25, 0.3) is 21.9 Å². The molecule has 3 aromatic heterocycles. The van der Waals surface area contributed by atoms with Crippen LogP contribution in [0.5, 0.6) is 0 Å². The highest BCUT2D eigenvalue weighted by molar-refractivity contribution is 7.89. The van der Waals surface area contributed by atoms with Gasteiger partial charge in [0.05, 0.1) is 28.7 Å². The first-order chi connectivity index (χ1) is 30.2. The lowest BCUT2D eigenvalue weighted by Gasteiger charge is -2.34. The minimum Gasteiger partial charge on any atom is -0.351 e. The van der Waals surface area contributed by atoms with Gasteiger partial charge in [0.15, 0.2) is 5.82 Å². The Morgan fingerprint density at radius 2 is 1.75 bits per heavy atom. The Hall–Kier alpha value is -5.88. The zero-order valence-corrected chi connectivity index (χ0v) is 36.1. The van der Waals surface area contributed by atoms with E-state index in [0.717, 1.165) is 43.4 Å². The highest BCUT2D eigenvalue weighted by atomic mass is 32.2. The van der Waals surface area contributed by atoms with Crippen molar-refractivity contribution in [2.75, 3.05) is 49.5 Å². The lowest BCUT2D eigenvalue weighted by atomic mass is 9.88. The number of benzene rings is 2. The Kier molecular flexibility index (Phi) is 12.6. The number of likely N-dealkylation sites (tertiary alicyclic amines) is 1. The van der Waals surface area contributed by atoms with Crippen LogP contribution >= 0.6 is 0 Å². The van der Waals surface area contributed by atoms with Crippen molar-refractivity contribution in [1.82, 2.24) is 38.8 Å². The van der Waals surface area contributed by atoms with Crippen LogP contribution in [0, 0.1) is 17.2 Å². The number of aromatic nitrogens is 5. The van der Waals surface area contributed by atoms with Crippen LogP contribution in [-0.4, -0.2) is 106 Å². The number of rotatable bonds is 13. The lowest BCUT2D eigenvalue weighted by Crippen LogP contribution is -2.49. The molecule has 0 bridgehead atoms. The summed E-state index contributed by atoms with van der Waals surface area (Å²) in [5.74, 6) is 1.02. The first kappa shape index (κ1) is 43.8. The molecular weight excluding hydrogens is 837 g/mol. The average Bonchev–Trinajstić information content (AvgIpc) is 3.59. The third-order valence-corrected chi connectivity index (χ3v) is 14.3. The number of sulfonamides is 1. The molecule has 20 heteroatoms. The van der Waals surface area contributed by atoms with Gasteiger partial charge in [-0.2, -0.15) is 28.4 Å². The summed E-state index contributed by atoms with van der Waals surface area (Å²) in [6.45, 7) is 1.95. The highest BCUT2D eigenvalue weighted by Gasteiger charge is 2.32. The number of hydrogen-bond donors (Lipinski definition) is 2. The van der Waals surface area contributed by atoms with Gasteiger partial charge >= 0.3 is 12.6 Å². The van der Waals surface area contributed by atoms with Crippen LogP contribution in [-0.2, 0) is 46.7 Å². The molecule has 3 saturated heterocycles. The Labute approximate surface area is 362 Å². The van der Waals surface area contributed by atoms with Gasteiger partial charge in [-0.3, -0.25) is 29.1 Å². The van der Waals surface area contributed by atoms with Gasteiger partial charge in [0, 0.05) is 75.3 Å². The maximum Gasteiger partial charge on any atom is 0.345 e. The maximum absolute atomic E-state index is 13.9. The summed E-state index contributed by atoms with van der Waals surface area (Å²) in [6.07, 6.45) is 5.14. The molecule has 63 heavy (non-hydrogen) atoms. The van der Waals surface area contributed by atoms with Crippen LogP contribution in [0.4, 0.5) is 25.3 Å². The number of nitriles is 1. The summed E-state index contributed by atoms with van der Waals surface area (Å²) in [6, 6.07) is 14.1. The zero-order chi connectivity index (χ0) is 44.6. The number of hydrogen-bond acceptors (Lipinski definition) is 12. The zero-order valence-electron chi connectivity index (χ0n) is 35.3. The topological polar surface area (TPSA) is 201 Å². The van der Waals surface area contributed by atoms with Crippen molar-refractivity contribution >= 4 is 55.7 Å². The number of pyridine rings is 1. The van der Waals surface area contributed by atoms with E-state index in [-0.39, 0.29) is 60.3 Å². The Bertz CT molecular complexity index is 2780. The maximum atomic E-state index is 13.9. The van der Waals surface area contributed by atoms with Crippen molar-refractivity contribution in [2.45, 2.75) is 75.5 Å². The first-order valence-electron chi connectivity index (χ1n) is 21.0. The molecule has 0 saturated carbocycles. The van der Waals surface area contributed by atoms with Crippen LogP contribution < -0.4 is 21.1 Å². The summed E-state index contributed by atoms with van der Waals surface area (Å²) < 4.78 is 61.8. The van der Waals surface area contributed by atoms with Gasteiger partial charge in [-0.1, -0.05) is 13.0 Å². The number of ether oxygens (including phenoxy) is 1. The number of piperidine rings is 2. The number of urea groups is 1. The molecule has 332 valence electrons. The molecule has 2 N–H and O–H groups in total. The number of aryl methyl sites for hydroxylation is 2. The molecule has 17 nitrogen and oxygen atoms in total. The van der Waals surface area contributed by atoms with E-state index in [1.165, 1.54) is 44.7 Å². The van der Waals surface area contributed by atoms with Gasteiger partial charge in [0.2, 0.25) is 21.9 Å². The number of alkyl halides is 2. The predicted molar refractivity (Wildman–Crippen MR) is 230 cm³/mol. The van der Waals surface area contributed by atoms with E-state index >= 15 is 0 Å². The molecule has 1 atom stereocenters. The van der Waals surface area contributed by atoms with E-state index in [2.05, 4.69) is 60.5 Å². The van der Waals surface area contributed by atoms with Crippen molar-refractivity contribution in [1.29, 1.82) is 5.26 Å². The van der Waals surface area contributed by atoms with Gasteiger partial charge in [-0.05, 0) is 105 Å². The number of imide groups is 1. The molecule has 3 fully saturated rings. The smallest absolute Gasteiger partial charge is 0.345 e. The fourth-order valence-electron chi connectivity index (χ4n) is 9.02. The number of anilines is 2. The minimum absolute atomic E-state index is 0.0574. The quantitative estimate of drug-likeness (QED) is 0.167. The molecule has 3 amide bonds. The molecule has 0 spiro atoms. The summed E-state index contributed by atoms with van der Waals surface area (Å²) in [5, 5.41) is 21.6. The monoisotopic (exact) mass is 885 g/mol. The van der Waals surface area contributed by atoms with Gasteiger partial charge in [-0.15, -0.1) is 0 Å². The van der Waals surface area contributed by atoms with Crippen molar-refractivity contribution in [3.05, 3.63) is 81.3 Å². The normalized spacial score (nSPS) is 18.0. The Balaban J connectivity index is 0.850. The number of fused-ring (bicyclic) bond motifs is 2. The second-order valence-electron chi connectivity index (χ2n) is 16.7. The van der Waals surface area contributed by atoms with Crippen molar-refractivity contribution in [2.24, 2.45) is 20.0 Å². The van der Waals surface area contributed by atoms with Crippen LogP contribution in [0.15, 0.2) is 58.4 Å². The molecule has 3 aliphatic rings. The second-order valence-corrected chi connectivity index (χ2v) is 18.6. The highest BCUT2D eigenvalue weighted by Crippen LogP contribution is 2.34. The first-order valence-corrected chi connectivity index (χ1v) is 22.5. The Morgan fingerprint density at radius 1 is 0.984 bits per heavy atom. The van der Waals surface area contributed by atoms with Crippen LogP contribution in [0.3, 0.4) is 0 Å². The summed E-state index contributed by atoms with van der Waals surface area (Å²) in [5.41, 5.74) is 3.16. The van der Waals surface area contributed by atoms with Gasteiger partial charge < -0.3 is 15.0 Å². The minimum atomic E-state index is -3.86. The van der Waals surface area contributed by atoms with E-state index in [1.807, 2.05) is 13.1 Å². The van der Waals surface area contributed by atoms with Gasteiger partial charge in [0.25, 0.3) is 5.56 Å². The number of nitrogens with one attached hydrogen (secondary N) is 2. The predicted octanol–water partition coefficient (Wildman–Crippen LogP) is 4.60. The van der Waals surface area contributed by atoms with Crippen molar-refractivity contribution < 1.29 is 31.5 Å². The lowest BCUT2D eigenvalue weighted by molar-refractivity contribution is -0.137. The fraction of sp³-hybridized carbons (Fsp3) is 0.465. The summed E-state index contributed by atoms with van der Waals surface area (Å²) in [4.78, 5) is 49.9. The number of carbonyl (C=O) groups is 2. The van der Waals surface area contributed by atoms with E-state index in [0.29, 0.717) is 53.2 Å². The van der Waals surface area contributed by atoms with E-state index in [1.54, 1.807) is 16.8 Å². The fourth-order valence-corrected chi connectivity index (χ4v) is 10.5. The molecule has 8 rings (SSSR count). The third kappa shape index (κ3) is 9.28. The third-order valence-electron chi connectivity index (χ3n) is 12.4. The van der Waals surface area contributed by atoms with E-state index < -0.39 is 34.8 Å². The number of amides is 3. The summed E-state index contributed by atoms with van der Waals surface area (Å²) in [7, 11) is -0.510. The molecule has 6 heterocycles. The number of carbonyl (C=O) groups excluding carboxylic acids is 2. The van der Waals surface area contributed by atoms with Crippen LogP contribution in [0.1, 0.15) is 67.2 Å². The SMILES string of the molecule is CC(Cc1cc(S(=O)(=O)N2CCC(Nc3ncc4cc(COC(F)F)c(=O)n(C)c4n3)CC2)ccc1C#N)CN1CCC(c2ccc3c(N4CCC(=O)NC4=O)nn(C)c3c2)CC1. The largest absolute Gasteiger partial charge is 0.351 e. The molecule has 0 radical (unpaired) electrons. The second kappa shape index (κ2) is 18.1. The Morgan fingerprint density at radius 3 is 2.46 bits per heavy atom. The van der Waals surface area contributed by atoms with Crippen molar-refractivity contribution in [3.63, 3.8) is 0 Å². The molecule has 2 aromatic carbocycles. The molecule has 5 aromatic rings. The van der Waals surface area contributed by atoms with E-state index in [4.69, 9.17) is 0 Å². The molecule has 1 unspecified atom stereocenters. The van der Waals surface area contributed by atoms with E-state index in [9.17, 15) is 36.8 Å². The molecule has 0 aliphatic carbocycles. The van der Waals surface area contributed by atoms with Gasteiger partial charge in [-0.25, -0.2) is 18.2 Å². The average molecular weight is 886 g/mol. The summed E-state index contributed by atoms with van der Waals surface area (Å²) >= 11 is 0.